The second-order valence-corrected chi connectivity index (χ2v) is 5.27. The van der Waals surface area contributed by atoms with E-state index < -0.39 is 0 Å². The molecule has 4 heteroatoms. The van der Waals surface area contributed by atoms with Gasteiger partial charge >= 0.3 is 5.97 Å². The van der Waals surface area contributed by atoms with Gasteiger partial charge in [0.05, 0.1) is 18.4 Å². The highest BCUT2D eigenvalue weighted by Gasteiger charge is 2.17. The Hall–Kier alpha value is -1.16. The zero-order valence-electron chi connectivity index (χ0n) is 10.1. The van der Waals surface area contributed by atoms with E-state index in [-0.39, 0.29) is 23.0 Å². The molecule has 0 aliphatic rings. The molecule has 92 valence electrons. The monoisotopic (exact) mass is 298 g/mol. The van der Waals surface area contributed by atoms with Crippen LogP contribution in [0.1, 0.15) is 28.4 Å². The number of ketones is 1. The first-order chi connectivity index (χ1) is 7.95. The number of hydrogen-bond donors (Lipinski definition) is 0. The number of benzene rings is 1. The van der Waals surface area contributed by atoms with Crippen molar-refractivity contribution in [3.63, 3.8) is 0 Å². The Morgan fingerprint density at radius 2 is 2.06 bits per heavy atom. The molecule has 1 aromatic carbocycles. The van der Waals surface area contributed by atoms with Crippen LogP contribution in [0.25, 0.3) is 0 Å². The van der Waals surface area contributed by atoms with Gasteiger partial charge in [0, 0.05) is 5.56 Å². The number of esters is 1. The Labute approximate surface area is 109 Å². The van der Waals surface area contributed by atoms with Gasteiger partial charge in [-0.05, 0) is 19.4 Å². The van der Waals surface area contributed by atoms with Gasteiger partial charge in [0.1, 0.15) is 0 Å². The number of aryl methyl sites for hydroxylation is 1. The third-order valence-electron chi connectivity index (χ3n) is 2.45. The summed E-state index contributed by atoms with van der Waals surface area (Å²) in [5.41, 5.74) is 2.31. The van der Waals surface area contributed by atoms with Crippen molar-refractivity contribution in [2.45, 2.75) is 25.1 Å². The summed E-state index contributed by atoms with van der Waals surface area (Å²) < 4.78 is 4.63. The van der Waals surface area contributed by atoms with Gasteiger partial charge in [-0.1, -0.05) is 39.7 Å². The molecular formula is C13H15BrO3. The molecule has 0 N–H and O–H groups in total. The highest BCUT2D eigenvalue weighted by molar-refractivity contribution is 9.10. The minimum atomic E-state index is -0.341. The Morgan fingerprint density at radius 1 is 1.41 bits per heavy atom. The van der Waals surface area contributed by atoms with Crippen LogP contribution in [0.3, 0.4) is 0 Å². The van der Waals surface area contributed by atoms with Crippen molar-refractivity contribution in [1.29, 1.82) is 0 Å². The van der Waals surface area contributed by atoms with Crippen molar-refractivity contribution in [3.05, 3.63) is 34.9 Å². The lowest BCUT2D eigenvalue weighted by Gasteiger charge is -2.10. The van der Waals surface area contributed by atoms with E-state index in [0.717, 1.165) is 5.56 Å². The third-order valence-corrected chi connectivity index (χ3v) is 2.87. The standard InChI is InChI=1S/C13H15BrO3/c1-8-4-5-11(13(16)9(2)14)10(6-8)7-12(15)17-3/h4-6,9H,7H2,1-3H3. The first-order valence-electron chi connectivity index (χ1n) is 5.30. The van der Waals surface area contributed by atoms with Crippen molar-refractivity contribution in [2.75, 3.05) is 7.11 Å². The van der Waals surface area contributed by atoms with E-state index >= 15 is 0 Å². The lowest BCUT2D eigenvalue weighted by atomic mass is 9.97. The molecule has 1 aromatic rings. The number of ether oxygens (including phenoxy) is 1. The van der Waals surface area contributed by atoms with Gasteiger partial charge in [-0.2, -0.15) is 0 Å². The number of carbonyl (C=O) groups excluding carboxylic acids is 2. The fourth-order valence-corrected chi connectivity index (χ4v) is 1.80. The van der Waals surface area contributed by atoms with Crippen molar-refractivity contribution >= 4 is 27.7 Å². The summed E-state index contributed by atoms with van der Waals surface area (Å²) >= 11 is 3.25. The molecule has 0 bridgehead atoms. The molecule has 17 heavy (non-hydrogen) atoms. The van der Waals surface area contributed by atoms with E-state index in [4.69, 9.17) is 0 Å². The Kier molecular flexibility index (Phi) is 4.87. The Morgan fingerprint density at radius 3 is 2.59 bits per heavy atom. The zero-order valence-corrected chi connectivity index (χ0v) is 11.7. The highest BCUT2D eigenvalue weighted by atomic mass is 79.9. The van der Waals surface area contributed by atoms with Crippen LogP contribution in [0.2, 0.25) is 0 Å². The average Bonchev–Trinajstić information content (AvgIpc) is 2.28. The van der Waals surface area contributed by atoms with E-state index in [2.05, 4.69) is 20.7 Å². The smallest absolute Gasteiger partial charge is 0.310 e. The summed E-state index contributed by atoms with van der Waals surface area (Å²) in [5, 5.41) is 0. The minimum Gasteiger partial charge on any atom is -0.469 e. The van der Waals surface area contributed by atoms with Gasteiger partial charge in [-0.25, -0.2) is 0 Å². The molecule has 1 atom stereocenters. The maximum absolute atomic E-state index is 11.9. The molecule has 0 saturated heterocycles. The normalized spacial score (nSPS) is 12.0. The van der Waals surface area contributed by atoms with Crippen molar-refractivity contribution in [1.82, 2.24) is 0 Å². The molecule has 0 radical (unpaired) electrons. The number of Topliss-reactive ketones (excluding diaryl/α,β-unsaturated/α-hetero) is 1. The lowest BCUT2D eigenvalue weighted by molar-refractivity contribution is -0.139. The molecule has 1 rings (SSSR count). The number of alkyl halides is 1. The molecule has 0 amide bonds. The number of hydrogen-bond acceptors (Lipinski definition) is 3. The van der Waals surface area contributed by atoms with Crippen LogP contribution in [0.15, 0.2) is 18.2 Å². The highest BCUT2D eigenvalue weighted by Crippen LogP contribution is 2.17. The van der Waals surface area contributed by atoms with Crippen molar-refractivity contribution in [3.8, 4) is 0 Å². The van der Waals surface area contributed by atoms with E-state index in [1.165, 1.54) is 7.11 Å². The summed E-state index contributed by atoms with van der Waals surface area (Å²) in [6.07, 6.45) is 0.124. The maximum atomic E-state index is 11.9. The summed E-state index contributed by atoms with van der Waals surface area (Å²) in [5.74, 6) is -0.365. The van der Waals surface area contributed by atoms with Gasteiger partial charge < -0.3 is 4.74 Å². The molecule has 0 saturated carbocycles. The quantitative estimate of drug-likeness (QED) is 0.488. The second kappa shape index (κ2) is 5.96. The van der Waals surface area contributed by atoms with E-state index in [1.54, 1.807) is 13.0 Å². The maximum Gasteiger partial charge on any atom is 0.310 e. The summed E-state index contributed by atoms with van der Waals surface area (Å²) in [4.78, 5) is 23.0. The van der Waals surface area contributed by atoms with E-state index in [9.17, 15) is 9.59 Å². The Bertz CT molecular complexity index is 438. The molecule has 0 aromatic heterocycles. The van der Waals surface area contributed by atoms with Crippen LogP contribution in [0, 0.1) is 6.92 Å². The fourth-order valence-electron chi connectivity index (χ4n) is 1.55. The molecule has 0 aliphatic carbocycles. The molecule has 3 nitrogen and oxygen atoms in total. The number of halogens is 1. The second-order valence-electron chi connectivity index (χ2n) is 3.89. The number of methoxy groups -OCH3 is 1. The van der Waals surface area contributed by atoms with Crippen LogP contribution in [-0.4, -0.2) is 23.7 Å². The van der Waals surface area contributed by atoms with Crippen LogP contribution in [0.4, 0.5) is 0 Å². The number of carbonyl (C=O) groups is 2. The Balaban J connectivity index is 3.12. The SMILES string of the molecule is COC(=O)Cc1cc(C)ccc1C(=O)C(C)Br. The van der Waals surface area contributed by atoms with Gasteiger partial charge in [0.2, 0.25) is 0 Å². The van der Waals surface area contributed by atoms with Crippen LogP contribution >= 0.6 is 15.9 Å². The minimum absolute atomic E-state index is 0.0242. The largest absolute Gasteiger partial charge is 0.469 e. The molecular weight excluding hydrogens is 284 g/mol. The predicted molar refractivity (Wildman–Crippen MR) is 69.6 cm³/mol. The number of rotatable bonds is 4. The first kappa shape index (κ1) is 13.9. The van der Waals surface area contributed by atoms with Gasteiger partial charge in [-0.3, -0.25) is 9.59 Å². The zero-order chi connectivity index (χ0) is 13.0. The summed E-state index contributed by atoms with van der Waals surface area (Å²) in [6.45, 7) is 3.69. The molecule has 1 unspecified atom stereocenters. The van der Waals surface area contributed by atoms with Gasteiger partial charge in [-0.15, -0.1) is 0 Å². The molecule has 0 spiro atoms. The van der Waals surface area contributed by atoms with Gasteiger partial charge in [0.25, 0.3) is 0 Å². The first-order valence-corrected chi connectivity index (χ1v) is 6.22. The fraction of sp³-hybridized carbons (Fsp3) is 0.385. The lowest BCUT2D eigenvalue weighted by Crippen LogP contribution is -2.15. The van der Waals surface area contributed by atoms with Crippen molar-refractivity contribution in [2.24, 2.45) is 0 Å². The molecule has 0 heterocycles. The predicted octanol–water partition coefficient (Wildman–Crippen LogP) is 2.68. The van der Waals surface area contributed by atoms with E-state index in [1.807, 2.05) is 19.1 Å². The summed E-state index contributed by atoms with van der Waals surface area (Å²) in [6, 6.07) is 5.47. The van der Waals surface area contributed by atoms with E-state index in [0.29, 0.717) is 11.1 Å². The van der Waals surface area contributed by atoms with Crippen LogP contribution in [-0.2, 0) is 16.0 Å². The van der Waals surface area contributed by atoms with Gasteiger partial charge in [0.15, 0.2) is 5.78 Å². The molecule has 0 fully saturated rings. The molecule has 0 aliphatic heterocycles. The third kappa shape index (κ3) is 3.66. The van der Waals surface area contributed by atoms with Crippen molar-refractivity contribution < 1.29 is 14.3 Å². The summed E-state index contributed by atoms with van der Waals surface area (Å²) in [7, 11) is 1.34. The topological polar surface area (TPSA) is 43.4 Å². The van der Waals surface area contributed by atoms with Crippen LogP contribution in [0.5, 0.6) is 0 Å². The van der Waals surface area contributed by atoms with Crippen LogP contribution < -0.4 is 0 Å². The average molecular weight is 299 g/mol.